The average molecular weight is 259 g/mol. The molecule has 0 saturated heterocycles. The summed E-state index contributed by atoms with van der Waals surface area (Å²) in [5, 5.41) is 9.17. The molecule has 0 radical (unpaired) electrons. The van der Waals surface area contributed by atoms with E-state index in [4.69, 9.17) is 0 Å². The van der Waals surface area contributed by atoms with Crippen LogP contribution in [0.4, 0.5) is 0 Å². The summed E-state index contributed by atoms with van der Waals surface area (Å²) in [7, 11) is 0. The van der Waals surface area contributed by atoms with Crippen LogP contribution in [-0.4, -0.2) is 15.2 Å². The molecular formula is C14H17N3S. The number of hydrogen-bond acceptors (Lipinski definition) is 4. The van der Waals surface area contributed by atoms with Gasteiger partial charge in [-0.1, -0.05) is 31.5 Å². The second kappa shape index (κ2) is 5.96. The SMILES string of the molecule is CCc1nnc(Sc2cccc(C)c2)nc1CC. The fourth-order valence-corrected chi connectivity index (χ4v) is 2.59. The standard InChI is InChI=1S/C14H17N3S/c1-4-12-13(5-2)16-17-14(15-12)18-11-8-6-7-10(3)9-11/h6-9H,4-5H2,1-3H3. The minimum absolute atomic E-state index is 0.731. The van der Waals surface area contributed by atoms with Crippen molar-refractivity contribution >= 4 is 11.8 Å². The number of aromatic nitrogens is 3. The Morgan fingerprint density at radius 2 is 1.83 bits per heavy atom. The van der Waals surface area contributed by atoms with E-state index in [1.165, 1.54) is 5.56 Å². The van der Waals surface area contributed by atoms with Crippen molar-refractivity contribution in [1.29, 1.82) is 0 Å². The van der Waals surface area contributed by atoms with E-state index in [1.807, 2.05) is 6.07 Å². The molecule has 1 heterocycles. The van der Waals surface area contributed by atoms with Gasteiger partial charge in [-0.3, -0.25) is 0 Å². The molecule has 0 amide bonds. The largest absolute Gasteiger partial charge is 0.224 e. The topological polar surface area (TPSA) is 38.7 Å². The van der Waals surface area contributed by atoms with Gasteiger partial charge in [0.1, 0.15) is 0 Å². The lowest BCUT2D eigenvalue weighted by atomic mass is 10.2. The highest BCUT2D eigenvalue weighted by atomic mass is 32.2. The van der Waals surface area contributed by atoms with E-state index in [-0.39, 0.29) is 0 Å². The van der Waals surface area contributed by atoms with Crippen LogP contribution in [0.15, 0.2) is 34.3 Å². The molecule has 0 N–H and O–H groups in total. The minimum Gasteiger partial charge on any atom is -0.224 e. The summed E-state index contributed by atoms with van der Waals surface area (Å²) in [5.74, 6) is 0. The number of nitrogens with zero attached hydrogens (tertiary/aromatic N) is 3. The Balaban J connectivity index is 2.24. The lowest BCUT2D eigenvalue weighted by Crippen LogP contribution is -2.03. The molecule has 0 aliphatic rings. The molecular weight excluding hydrogens is 242 g/mol. The van der Waals surface area contributed by atoms with E-state index in [1.54, 1.807) is 11.8 Å². The van der Waals surface area contributed by atoms with E-state index in [2.05, 4.69) is 54.2 Å². The summed E-state index contributed by atoms with van der Waals surface area (Å²) in [6, 6.07) is 8.33. The van der Waals surface area contributed by atoms with E-state index >= 15 is 0 Å². The van der Waals surface area contributed by atoms with Gasteiger partial charge >= 0.3 is 0 Å². The third-order valence-electron chi connectivity index (χ3n) is 2.69. The lowest BCUT2D eigenvalue weighted by molar-refractivity contribution is 0.745. The molecule has 18 heavy (non-hydrogen) atoms. The van der Waals surface area contributed by atoms with Crippen molar-refractivity contribution in [3.05, 3.63) is 41.2 Å². The molecule has 4 heteroatoms. The molecule has 2 aromatic rings. The number of rotatable bonds is 4. The first-order valence-electron chi connectivity index (χ1n) is 6.20. The van der Waals surface area contributed by atoms with Gasteiger partial charge in [0.25, 0.3) is 0 Å². The zero-order chi connectivity index (χ0) is 13.0. The zero-order valence-corrected chi connectivity index (χ0v) is 11.8. The predicted molar refractivity (Wildman–Crippen MR) is 73.9 cm³/mol. The third-order valence-corrected chi connectivity index (χ3v) is 3.53. The molecule has 0 saturated carbocycles. The summed E-state index contributed by atoms with van der Waals surface area (Å²) in [5.41, 5.74) is 3.31. The van der Waals surface area contributed by atoms with Crippen LogP contribution in [0.5, 0.6) is 0 Å². The van der Waals surface area contributed by atoms with Gasteiger partial charge < -0.3 is 0 Å². The number of benzene rings is 1. The van der Waals surface area contributed by atoms with Crippen LogP contribution in [0.1, 0.15) is 30.8 Å². The first-order chi connectivity index (χ1) is 8.72. The van der Waals surface area contributed by atoms with Crippen molar-refractivity contribution in [3.8, 4) is 0 Å². The number of aryl methyl sites for hydroxylation is 3. The van der Waals surface area contributed by atoms with Crippen molar-refractivity contribution in [2.24, 2.45) is 0 Å². The monoisotopic (exact) mass is 259 g/mol. The first kappa shape index (κ1) is 13.0. The average Bonchev–Trinajstić information content (AvgIpc) is 2.38. The highest BCUT2D eigenvalue weighted by Crippen LogP contribution is 2.25. The van der Waals surface area contributed by atoms with Gasteiger partial charge in [-0.05, 0) is 43.7 Å². The van der Waals surface area contributed by atoms with Crippen molar-refractivity contribution in [3.63, 3.8) is 0 Å². The van der Waals surface area contributed by atoms with Crippen LogP contribution in [0.25, 0.3) is 0 Å². The summed E-state index contributed by atoms with van der Waals surface area (Å²) in [6.45, 7) is 6.27. The maximum absolute atomic E-state index is 4.58. The Bertz CT molecular complexity index is 540. The Labute approximate surface area is 112 Å². The molecule has 0 bridgehead atoms. The molecule has 2 rings (SSSR count). The molecule has 1 aromatic heterocycles. The summed E-state index contributed by atoms with van der Waals surface area (Å²) in [6.07, 6.45) is 1.79. The van der Waals surface area contributed by atoms with E-state index in [0.29, 0.717) is 0 Å². The highest BCUT2D eigenvalue weighted by molar-refractivity contribution is 7.99. The zero-order valence-electron chi connectivity index (χ0n) is 11.0. The van der Waals surface area contributed by atoms with E-state index in [0.717, 1.165) is 34.3 Å². The fourth-order valence-electron chi connectivity index (χ4n) is 1.75. The van der Waals surface area contributed by atoms with Crippen molar-refractivity contribution in [1.82, 2.24) is 15.2 Å². The Kier molecular flexibility index (Phi) is 4.31. The van der Waals surface area contributed by atoms with Crippen molar-refractivity contribution in [2.75, 3.05) is 0 Å². The van der Waals surface area contributed by atoms with Crippen LogP contribution in [0.3, 0.4) is 0 Å². The number of hydrogen-bond donors (Lipinski definition) is 0. The maximum atomic E-state index is 4.58. The van der Waals surface area contributed by atoms with Crippen molar-refractivity contribution in [2.45, 2.75) is 43.7 Å². The summed E-state index contributed by atoms with van der Waals surface area (Å²) < 4.78 is 0. The Morgan fingerprint density at radius 3 is 2.50 bits per heavy atom. The van der Waals surface area contributed by atoms with Crippen LogP contribution in [0.2, 0.25) is 0 Å². The molecule has 1 aromatic carbocycles. The summed E-state index contributed by atoms with van der Waals surface area (Å²) in [4.78, 5) is 5.73. The lowest BCUT2D eigenvalue weighted by Gasteiger charge is -2.05. The van der Waals surface area contributed by atoms with Crippen LogP contribution < -0.4 is 0 Å². The maximum Gasteiger partial charge on any atom is 0.214 e. The van der Waals surface area contributed by atoms with Gasteiger partial charge in [-0.25, -0.2) is 4.98 Å². The second-order valence-corrected chi connectivity index (χ2v) is 5.15. The van der Waals surface area contributed by atoms with Crippen LogP contribution in [-0.2, 0) is 12.8 Å². The summed E-state index contributed by atoms with van der Waals surface area (Å²) >= 11 is 1.57. The smallest absolute Gasteiger partial charge is 0.214 e. The van der Waals surface area contributed by atoms with E-state index in [9.17, 15) is 0 Å². The van der Waals surface area contributed by atoms with Gasteiger partial charge in [0.2, 0.25) is 5.16 Å². The Morgan fingerprint density at radius 1 is 1.06 bits per heavy atom. The normalized spacial score (nSPS) is 10.6. The molecule has 94 valence electrons. The van der Waals surface area contributed by atoms with Gasteiger partial charge in [0.15, 0.2) is 0 Å². The molecule has 0 fully saturated rings. The molecule has 0 aliphatic carbocycles. The third kappa shape index (κ3) is 3.07. The fraction of sp³-hybridized carbons (Fsp3) is 0.357. The second-order valence-electron chi connectivity index (χ2n) is 4.11. The highest BCUT2D eigenvalue weighted by Gasteiger charge is 2.07. The van der Waals surface area contributed by atoms with Crippen LogP contribution in [0, 0.1) is 6.92 Å². The van der Waals surface area contributed by atoms with Crippen molar-refractivity contribution < 1.29 is 0 Å². The molecule has 0 atom stereocenters. The molecule has 0 unspecified atom stereocenters. The van der Waals surface area contributed by atoms with Gasteiger partial charge in [-0.2, -0.15) is 5.10 Å². The molecule has 0 spiro atoms. The predicted octanol–water partition coefficient (Wildman–Crippen LogP) is 3.46. The van der Waals surface area contributed by atoms with Gasteiger partial charge in [-0.15, -0.1) is 5.10 Å². The minimum atomic E-state index is 0.731. The van der Waals surface area contributed by atoms with Crippen LogP contribution >= 0.6 is 11.8 Å². The van der Waals surface area contributed by atoms with Gasteiger partial charge in [0.05, 0.1) is 11.4 Å². The molecule has 0 aliphatic heterocycles. The van der Waals surface area contributed by atoms with E-state index < -0.39 is 0 Å². The van der Waals surface area contributed by atoms with Gasteiger partial charge in [0, 0.05) is 4.90 Å². The first-order valence-corrected chi connectivity index (χ1v) is 7.01. The quantitative estimate of drug-likeness (QED) is 0.843. The Hall–Kier alpha value is -1.42. The molecule has 3 nitrogen and oxygen atoms in total.